The second kappa shape index (κ2) is 6.75. The predicted molar refractivity (Wildman–Crippen MR) is 56.9 cm³/mol. The van der Waals surface area contributed by atoms with Crippen LogP contribution in [0.3, 0.4) is 0 Å². The average Bonchev–Trinajstić information content (AvgIpc) is 2.30. The van der Waals surface area contributed by atoms with Gasteiger partial charge < -0.3 is 11.5 Å². The van der Waals surface area contributed by atoms with Gasteiger partial charge in [0, 0.05) is 12.3 Å². The monoisotopic (exact) mass is 270 g/mol. The van der Waals surface area contributed by atoms with Crippen molar-refractivity contribution in [1.29, 1.82) is 0 Å². The third-order valence-electron chi connectivity index (χ3n) is 2.64. The minimum Gasteiger partial charge on any atom is -1.00 e. The first-order valence-electron chi connectivity index (χ1n) is 5.46. The van der Waals surface area contributed by atoms with Crippen LogP contribution in [0.5, 0.6) is 5.88 Å². The van der Waals surface area contributed by atoms with Crippen LogP contribution < -0.4 is 39.6 Å². The van der Waals surface area contributed by atoms with Gasteiger partial charge in [-0.05, 0) is 32.0 Å². The molecule has 0 radical (unpaired) electrons. The Labute approximate surface area is 127 Å². The van der Waals surface area contributed by atoms with Crippen LogP contribution in [0.15, 0.2) is 18.3 Å². The van der Waals surface area contributed by atoms with Crippen molar-refractivity contribution in [1.82, 2.24) is 10.3 Å². The molecule has 0 atom stereocenters. The number of alkyl halides is 3. The molecule has 2 rings (SSSR count). The maximum Gasteiger partial charge on any atom is 1.00 e. The summed E-state index contributed by atoms with van der Waals surface area (Å²) in [4.78, 5) is 3.68. The number of hydrogen-bond acceptors (Lipinski definition) is 3. The average molecular weight is 270 g/mol. The molecule has 0 bridgehead atoms. The van der Waals surface area contributed by atoms with Gasteiger partial charge in [-0.15, -0.1) is 0 Å². The van der Waals surface area contributed by atoms with E-state index >= 15 is 0 Å². The number of piperidine rings is 1. The Kier molecular flexibility index (Phi) is 5.91. The van der Waals surface area contributed by atoms with Gasteiger partial charge in [-0.2, -0.15) is 13.2 Å². The van der Waals surface area contributed by atoms with E-state index in [1.165, 1.54) is 6.07 Å². The predicted octanol–water partition coefficient (Wildman–Crippen LogP) is -0.652. The molecule has 0 unspecified atom stereocenters. The van der Waals surface area contributed by atoms with Crippen molar-refractivity contribution in [3.63, 3.8) is 0 Å². The van der Waals surface area contributed by atoms with Crippen LogP contribution in [0.4, 0.5) is 13.2 Å². The van der Waals surface area contributed by atoms with E-state index in [0.29, 0.717) is 0 Å². The van der Waals surface area contributed by atoms with Gasteiger partial charge in [0.15, 0.2) is 0 Å². The molecule has 1 aliphatic heterocycles. The van der Waals surface area contributed by atoms with Gasteiger partial charge in [-0.1, -0.05) is 0 Å². The van der Waals surface area contributed by atoms with Crippen molar-refractivity contribution in [2.75, 3.05) is 13.1 Å². The Morgan fingerprint density at radius 3 is 2.44 bits per heavy atom. The summed E-state index contributed by atoms with van der Waals surface area (Å²) in [6.07, 6.45) is -1.80. The first kappa shape index (κ1) is 15.8. The molecule has 18 heavy (non-hydrogen) atoms. The zero-order chi connectivity index (χ0) is 12.3. The molecule has 1 aromatic rings. The smallest absolute Gasteiger partial charge is 1.00 e. The fourth-order valence-electron chi connectivity index (χ4n) is 1.70. The van der Waals surface area contributed by atoms with Crippen LogP contribution in [0.25, 0.3) is 0 Å². The van der Waals surface area contributed by atoms with E-state index in [2.05, 4.69) is 10.3 Å². The molecular formula is C11H14F3N2NaO. The zero-order valence-electron chi connectivity index (χ0n) is 11.1. The van der Waals surface area contributed by atoms with Crippen LogP contribution in [-0.4, -0.2) is 24.2 Å². The van der Waals surface area contributed by atoms with Crippen LogP contribution in [-0.2, 0) is 6.18 Å². The number of halogens is 3. The molecule has 1 aliphatic rings. The standard InChI is InChI=1S/C11H13F3N2O.Na.H/c12-11(13,14)8-1-2-10(16-7-8)17-9-3-5-15-6-4-9;;/h1-2,7,9,15H,3-6H2;;/q;+1;-1. The molecule has 1 saturated heterocycles. The third-order valence-corrected chi connectivity index (χ3v) is 2.64. The largest absolute Gasteiger partial charge is 1.00 e. The van der Waals surface area contributed by atoms with Crippen molar-refractivity contribution in [2.24, 2.45) is 0 Å². The van der Waals surface area contributed by atoms with Crippen molar-refractivity contribution in [2.45, 2.75) is 25.1 Å². The SMILES string of the molecule is FC(F)(F)c1ccc(OC2CCNCC2)nc1.[H-].[Na+]. The number of nitrogens with zero attached hydrogens (tertiary/aromatic N) is 1. The van der Waals surface area contributed by atoms with E-state index in [1.54, 1.807) is 0 Å². The summed E-state index contributed by atoms with van der Waals surface area (Å²) >= 11 is 0. The van der Waals surface area contributed by atoms with Crippen molar-refractivity contribution in [3.05, 3.63) is 23.9 Å². The summed E-state index contributed by atoms with van der Waals surface area (Å²) in [6.45, 7) is 1.73. The van der Waals surface area contributed by atoms with Crippen molar-refractivity contribution in [3.8, 4) is 5.88 Å². The molecule has 1 N–H and O–H groups in total. The molecule has 3 nitrogen and oxygen atoms in total. The number of hydrogen-bond donors (Lipinski definition) is 1. The number of rotatable bonds is 2. The molecule has 7 heteroatoms. The number of pyridine rings is 1. The number of ether oxygens (including phenoxy) is 1. The van der Waals surface area contributed by atoms with Gasteiger partial charge in [-0.25, -0.2) is 4.98 Å². The first-order chi connectivity index (χ1) is 8.05. The van der Waals surface area contributed by atoms with Crippen LogP contribution in [0.1, 0.15) is 19.8 Å². The molecule has 0 aromatic carbocycles. The van der Waals surface area contributed by atoms with E-state index in [0.717, 1.165) is 38.2 Å². The van der Waals surface area contributed by atoms with E-state index in [-0.39, 0.29) is 43.0 Å². The Morgan fingerprint density at radius 1 is 1.28 bits per heavy atom. The molecule has 0 saturated carbocycles. The topological polar surface area (TPSA) is 34.1 Å². The molecule has 0 amide bonds. The molecule has 1 aromatic heterocycles. The number of aromatic nitrogens is 1. The Balaban J connectivity index is 0.00000162. The summed E-state index contributed by atoms with van der Waals surface area (Å²) in [5.74, 6) is 0.255. The van der Waals surface area contributed by atoms with E-state index in [9.17, 15) is 13.2 Å². The fraction of sp³-hybridized carbons (Fsp3) is 0.545. The summed E-state index contributed by atoms with van der Waals surface area (Å²) < 4.78 is 42.4. The second-order valence-electron chi connectivity index (χ2n) is 3.95. The Morgan fingerprint density at radius 2 is 1.94 bits per heavy atom. The maximum atomic E-state index is 12.3. The van der Waals surface area contributed by atoms with Crippen molar-refractivity contribution >= 4 is 0 Å². The van der Waals surface area contributed by atoms with E-state index in [1.807, 2.05) is 0 Å². The van der Waals surface area contributed by atoms with Gasteiger partial charge in [0.1, 0.15) is 6.10 Å². The fourth-order valence-corrected chi connectivity index (χ4v) is 1.70. The minimum absolute atomic E-state index is 0. The van der Waals surface area contributed by atoms with Gasteiger partial charge >= 0.3 is 35.7 Å². The zero-order valence-corrected chi connectivity index (χ0v) is 12.1. The van der Waals surface area contributed by atoms with Crippen LogP contribution in [0.2, 0.25) is 0 Å². The molecule has 0 spiro atoms. The van der Waals surface area contributed by atoms with E-state index in [4.69, 9.17) is 4.74 Å². The van der Waals surface area contributed by atoms with Gasteiger partial charge in [0.25, 0.3) is 0 Å². The Hall–Kier alpha value is -0.300. The maximum absolute atomic E-state index is 12.3. The normalized spacial score (nSPS) is 17.1. The van der Waals surface area contributed by atoms with Gasteiger partial charge in [-0.3, -0.25) is 0 Å². The molecular weight excluding hydrogens is 256 g/mol. The molecule has 96 valence electrons. The first-order valence-corrected chi connectivity index (χ1v) is 5.46. The second-order valence-corrected chi connectivity index (χ2v) is 3.95. The summed E-state index contributed by atoms with van der Waals surface area (Å²) in [7, 11) is 0. The quantitative estimate of drug-likeness (QED) is 0.725. The Bertz CT molecular complexity index is 369. The third kappa shape index (κ3) is 4.42. The van der Waals surface area contributed by atoms with Gasteiger partial charge in [0.05, 0.1) is 5.56 Å². The van der Waals surface area contributed by atoms with Crippen LogP contribution in [0, 0.1) is 0 Å². The minimum atomic E-state index is -4.35. The summed E-state index contributed by atoms with van der Waals surface area (Å²) in [5.41, 5.74) is -0.754. The van der Waals surface area contributed by atoms with E-state index < -0.39 is 11.7 Å². The van der Waals surface area contributed by atoms with Crippen molar-refractivity contribution < 1.29 is 48.9 Å². The molecule has 1 fully saturated rings. The summed E-state index contributed by atoms with van der Waals surface area (Å²) in [6, 6.07) is 2.26. The molecule has 2 heterocycles. The van der Waals surface area contributed by atoms with Gasteiger partial charge in [0.2, 0.25) is 5.88 Å². The molecule has 0 aliphatic carbocycles. The number of nitrogens with one attached hydrogen (secondary N) is 1. The summed E-state index contributed by atoms with van der Waals surface area (Å²) in [5, 5.41) is 3.18. The van der Waals surface area contributed by atoms with Crippen LogP contribution >= 0.6 is 0 Å².